The van der Waals surface area contributed by atoms with Crippen LogP contribution in [0.1, 0.15) is 52.1 Å². The first-order valence-corrected chi connectivity index (χ1v) is 10.8. The van der Waals surface area contributed by atoms with E-state index in [2.05, 4.69) is 5.43 Å². The predicted molar refractivity (Wildman–Crippen MR) is 126 cm³/mol. The molecule has 0 unspecified atom stereocenters. The Bertz CT molecular complexity index is 1160. The number of fused-ring (bicyclic) bond motifs is 1. The van der Waals surface area contributed by atoms with E-state index >= 15 is 0 Å². The van der Waals surface area contributed by atoms with Gasteiger partial charge in [0.15, 0.2) is 0 Å². The quantitative estimate of drug-likeness (QED) is 0.344. The van der Waals surface area contributed by atoms with E-state index in [1.165, 1.54) is 18.2 Å². The molecule has 0 radical (unpaired) electrons. The van der Waals surface area contributed by atoms with Crippen LogP contribution < -0.4 is 16.1 Å². The van der Waals surface area contributed by atoms with Gasteiger partial charge >= 0.3 is 5.97 Å². The van der Waals surface area contributed by atoms with Gasteiger partial charge in [-0.1, -0.05) is 32.0 Å². The highest BCUT2D eigenvalue weighted by Crippen LogP contribution is 2.26. The average Bonchev–Trinajstić information content (AvgIpc) is 2.88. The molecule has 0 aromatic heterocycles. The molecule has 2 aromatic carbocycles. The lowest BCUT2D eigenvalue weighted by molar-refractivity contribution is -0.137. The first kappa shape index (κ1) is 24.4. The number of amidine groups is 1. The van der Waals surface area contributed by atoms with Crippen molar-refractivity contribution in [2.45, 2.75) is 26.7 Å². The zero-order valence-corrected chi connectivity index (χ0v) is 19.0. The number of aryl methyl sites for hydroxylation is 1. The maximum Gasteiger partial charge on any atom is 0.303 e. The lowest BCUT2D eigenvalue weighted by atomic mass is 9.99. The van der Waals surface area contributed by atoms with Crippen LogP contribution in [0.5, 0.6) is 0 Å². The number of carbonyl (C=O) groups is 4. The summed E-state index contributed by atoms with van der Waals surface area (Å²) >= 11 is 0. The number of benzene rings is 2. The van der Waals surface area contributed by atoms with E-state index in [0.717, 1.165) is 5.01 Å². The number of carboxylic acids is 1. The summed E-state index contributed by atoms with van der Waals surface area (Å²) in [5.41, 5.74) is 9.64. The predicted octanol–water partition coefficient (Wildman–Crippen LogP) is 1.78. The summed E-state index contributed by atoms with van der Waals surface area (Å²) in [5.74, 6) is -2.66. The SMILES string of the molecule is CC(C)CN1C(=O)CN(NC(=O)c2ccc(C(=N)N)cc2CCC(=O)O)C(=O)c2ccccc21. The minimum absolute atomic E-state index is 0.0249. The van der Waals surface area contributed by atoms with Crippen molar-refractivity contribution >= 4 is 35.2 Å². The Morgan fingerprint density at radius 1 is 1.18 bits per heavy atom. The van der Waals surface area contributed by atoms with Crippen LogP contribution in [0.2, 0.25) is 0 Å². The monoisotopic (exact) mass is 465 g/mol. The van der Waals surface area contributed by atoms with Crippen molar-refractivity contribution in [2.24, 2.45) is 11.7 Å². The minimum Gasteiger partial charge on any atom is -0.481 e. The van der Waals surface area contributed by atoms with Crippen LogP contribution in [0.4, 0.5) is 5.69 Å². The number of rotatable bonds is 8. The summed E-state index contributed by atoms with van der Waals surface area (Å²) in [6.07, 6.45) is -0.211. The van der Waals surface area contributed by atoms with E-state index < -0.39 is 17.8 Å². The number of carboxylic acid groups (broad SMARTS) is 1. The topological polar surface area (TPSA) is 157 Å². The van der Waals surface area contributed by atoms with Crippen molar-refractivity contribution in [3.63, 3.8) is 0 Å². The van der Waals surface area contributed by atoms with Crippen LogP contribution in [0.25, 0.3) is 0 Å². The molecule has 178 valence electrons. The Morgan fingerprint density at radius 3 is 2.53 bits per heavy atom. The number of nitrogens with one attached hydrogen (secondary N) is 2. The third kappa shape index (κ3) is 5.40. The standard InChI is InChI=1S/C24H27N5O5/c1-14(2)12-28-19-6-4-3-5-18(19)24(34)29(13-20(28)30)27-23(33)17-9-7-16(22(25)26)11-15(17)8-10-21(31)32/h3-7,9,11,14H,8,10,12-13H2,1-2H3,(H3,25,26)(H,27,33)(H,31,32). The van der Waals surface area contributed by atoms with Crippen molar-refractivity contribution < 1.29 is 24.3 Å². The summed E-state index contributed by atoms with van der Waals surface area (Å²) in [4.78, 5) is 52.0. The number of carbonyl (C=O) groups excluding carboxylic acids is 3. The molecule has 0 aliphatic carbocycles. The number of anilines is 1. The first-order valence-electron chi connectivity index (χ1n) is 10.8. The van der Waals surface area contributed by atoms with Gasteiger partial charge in [-0.2, -0.15) is 0 Å². The maximum atomic E-state index is 13.2. The summed E-state index contributed by atoms with van der Waals surface area (Å²) in [5, 5.41) is 17.6. The average molecular weight is 466 g/mol. The number of aliphatic carboxylic acids is 1. The number of nitrogen functional groups attached to an aromatic ring is 1. The van der Waals surface area contributed by atoms with Crippen molar-refractivity contribution in [1.82, 2.24) is 10.4 Å². The van der Waals surface area contributed by atoms with Crippen LogP contribution >= 0.6 is 0 Å². The van der Waals surface area contributed by atoms with Gasteiger partial charge in [-0.3, -0.25) is 30.0 Å². The molecular weight excluding hydrogens is 438 g/mol. The van der Waals surface area contributed by atoms with E-state index in [9.17, 15) is 19.2 Å². The van der Waals surface area contributed by atoms with Crippen LogP contribution in [0.15, 0.2) is 42.5 Å². The van der Waals surface area contributed by atoms with Gasteiger partial charge in [0, 0.05) is 24.1 Å². The van der Waals surface area contributed by atoms with Gasteiger partial charge in [-0.25, -0.2) is 5.01 Å². The van der Waals surface area contributed by atoms with Crippen LogP contribution in [-0.2, 0) is 16.0 Å². The summed E-state index contributed by atoms with van der Waals surface area (Å²) in [7, 11) is 0. The largest absolute Gasteiger partial charge is 0.481 e. The Balaban J connectivity index is 1.93. The summed E-state index contributed by atoms with van der Waals surface area (Å²) in [6.45, 7) is 3.98. The van der Waals surface area contributed by atoms with Crippen LogP contribution in [0.3, 0.4) is 0 Å². The minimum atomic E-state index is -1.05. The van der Waals surface area contributed by atoms with Gasteiger partial charge in [-0.05, 0) is 42.2 Å². The number of nitrogens with zero attached hydrogens (tertiary/aromatic N) is 2. The molecule has 1 aliphatic rings. The van der Waals surface area contributed by atoms with Gasteiger partial charge in [-0.15, -0.1) is 0 Å². The van der Waals surface area contributed by atoms with E-state index in [4.69, 9.17) is 16.2 Å². The fraction of sp³-hybridized carbons (Fsp3) is 0.292. The molecular formula is C24H27N5O5. The normalized spacial score (nSPS) is 13.5. The molecule has 1 heterocycles. The number of nitrogens with two attached hydrogens (primary N) is 1. The van der Waals surface area contributed by atoms with Crippen molar-refractivity contribution in [1.29, 1.82) is 5.41 Å². The Kier molecular flexibility index (Phi) is 7.30. The number of hydrazine groups is 1. The lowest BCUT2D eigenvalue weighted by Crippen LogP contribution is -2.49. The molecule has 0 bridgehead atoms. The summed E-state index contributed by atoms with van der Waals surface area (Å²) in [6, 6.07) is 11.1. The third-order valence-electron chi connectivity index (χ3n) is 5.32. The van der Waals surface area contributed by atoms with Crippen molar-refractivity contribution in [2.75, 3.05) is 18.0 Å². The molecule has 0 atom stereocenters. The van der Waals surface area contributed by atoms with E-state index in [-0.39, 0.29) is 48.2 Å². The molecule has 3 amide bonds. The Hall–Kier alpha value is -4.21. The third-order valence-corrected chi connectivity index (χ3v) is 5.32. The first-order chi connectivity index (χ1) is 16.1. The zero-order chi connectivity index (χ0) is 25.0. The van der Waals surface area contributed by atoms with Gasteiger partial charge in [0.05, 0.1) is 11.3 Å². The van der Waals surface area contributed by atoms with Crippen LogP contribution in [-0.4, -0.2) is 52.7 Å². The molecule has 10 nitrogen and oxygen atoms in total. The highest BCUT2D eigenvalue weighted by molar-refractivity contribution is 6.10. The van der Waals surface area contributed by atoms with Gasteiger partial charge < -0.3 is 15.7 Å². The van der Waals surface area contributed by atoms with Gasteiger partial charge in [0.1, 0.15) is 12.4 Å². The lowest BCUT2D eigenvalue weighted by Gasteiger charge is -2.24. The fourth-order valence-electron chi connectivity index (χ4n) is 3.73. The molecule has 10 heteroatoms. The van der Waals surface area contributed by atoms with Crippen molar-refractivity contribution in [3.05, 3.63) is 64.7 Å². The number of amides is 3. The molecule has 5 N–H and O–H groups in total. The van der Waals surface area contributed by atoms with E-state index in [0.29, 0.717) is 23.4 Å². The summed E-state index contributed by atoms with van der Waals surface area (Å²) < 4.78 is 0. The van der Waals surface area contributed by atoms with E-state index in [1.54, 1.807) is 29.2 Å². The molecule has 2 aromatic rings. The molecule has 34 heavy (non-hydrogen) atoms. The zero-order valence-electron chi connectivity index (χ0n) is 19.0. The molecule has 0 saturated carbocycles. The van der Waals surface area contributed by atoms with Gasteiger partial charge in [0.25, 0.3) is 11.8 Å². The second-order valence-electron chi connectivity index (χ2n) is 8.43. The maximum absolute atomic E-state index is 13.2. The molecule has 0 fully saturated rings. The van der Waals surface area contributed by atoms with Gasteiger partial charge in [0.2, 0.25) is 5.91 Å². The van der Waals surface area contributed by atoms with Crippen molar-refractivity contribution in [3.8, 4) is 0 Å². The number of hydrogen-bond acceptors (Lipinski definition) is 5. The van der Waals surface area contributed by atoms with Crippen LogP contribution in [0, 0.1) is 11.3 Å². The smallest absolute Gasteiger partial charge is 0.303 e. The molecule has 1 aliphatic heterocycles. The Morgan fingerprint density at radius 2 is 1.88 bits per heavy atom. The molecule has 0 spiro atoms. The Labute approximate surface area is 196 Å². The highest BCUT2D eigenvalue weighted by atomic mass is 16.4. The highest BCUT2D eigenvalue weighted by Gasteiger charge is 2.33. The number of hydrogen-bond donors (Lipinski definition) is 4. The second kappa shape index (κ2) is 10.2. The number of para-hydroxylation sites is 1. The fourth-order valence-corrected chi connectivity index (χ4v) is 3.73. The molecule has 3 rings (SSSR count). The second-order valence-corrected chi connectivity index (χ2v) is 8.43. The molecule has 0 saturated heterocycles. The van der Waals surface area contributed by atoms with E-state index in [1.807, 2.05) is 13.8 Å².